The molecular weight excluding hydrogens is 528 g/mol. The molecule has 218 valence electrons. The minimum absolute atomic E-state index is 0.110. The van der Waals surface area contributed by atoms with Gasteiger partial charge in [-0.15, -0.1) is 0 Å². The van der Waals surface area contributed by atoms with E-state index in [-0.39, 0.29) is 23.8 Å². The summed E-state index contributed by atoms with van der Waals surface area (Å²) in [4.78, 5) is 45.9. The minimum atomic E-state index is -1.15. The fourth-order valence-corrected chi connectivity index (χ4v) is 7.33. The lowest BCUT2D eigenvalue weighted by molar-refractivity contribution is -0.141. The van der Waals surface area contributed by atoms with Crippen LogP contribution in [0, 0.1) is 18.8 Å². The van der Waals surface area contributed by atoms with Gasteiger partial charge < -0.3 is 25.2 Å². The van der Waals surface area contributed by atoms with Gasteiger partial charge in [0.25, 0.3) is 0 Å². The van der Waals surface area contributed by atoms with Crippen molar-refractivity contribution >= 4 is 35.0 Å². The molecule has 1 aromatic rings. The van der Waals surface area contributed by atoms with Gasteiger partial charge in [0.2, 0.25) is 17.7 Å². The van der Waals surface area contributed by atoms with Crippen LogP contribution in [0.3, 0.4) is 0 Å². The number of nitrogens with zero attached hydrogens (tertiary/aromatic N) is 2. The van der Waals surface area contributed by atoms with Crippen molar-refractivity contribution < 1.29 is 19.1 Å². The molecule has 0 radical (unpaired) electrons. The van der Waals surface area contributed by atoms with Gasteiger partial charge in [0, 0.05) is 29.8 Å². The summed E-state index contributed by atoms with van der Waals surface area (Å²) in [5, 5.41) is 6.78. The molecule has 3 unspecified atom stereocenters. The van der Waals surface area contributed by atoms with Crippen molar-refractivity contribution in [3.63, 3.8) is 0 Å². The molecule has 3 heterocycles. The molecule has 5 atom stereocenters. The molecule has 40 heavy (non-hydrogen) atoms. The van der Waals surface area contributed by atoms with Crippen molar-refractivity contribution in [2.75, 3.05) is 31.5 Å². The summed E-state index contributed by atoms with van der Waals surface area (Å²) in [5.74, 6) is -2.12. The minimum Gasteiger partial charge on any atom is -0.359 e. The fraction of sp³-hybridized carbons (Fsp3) is 0.645. The maximum absolute atomic E-state index is 14.2. The third-order valence-corrected chi connectivity index (χ3v) is 9.46. The van der Waals surface area contributed by atoms with Crippen LogP contribution in [-0.2, 0) is 19.1 Å². The number of hydrogen-bond donors (Lipinski definition) is 2. The number of carbonyl (C=O) groups is 3. The number of hydrogen-bond acceptors (Lipinski definition) is 5. The number of nitrogens with one attached hydrogen (secondary N) is 2. The van der Waals surface area contributed by atoms with Gasteiger partial charge in [-0.1, -0.05) is 62.9 Å². The molecule has 2 N–H and O–H groups in total. The summed E-state index contributed by atoms with van der Waals surface area (Å²) in [7, 11) is 0. The molecule has 1 aromatic carbocycles. The molecule has 2 saturated heterocycles. The van der Waals surface area contributed by atoms with Crippen molar-refractivity contribution in [2.24, 2.45) is 11.8 Å². The third kappa shape index (κ3) is 5.42. The van der Waals surface area contributed by atoms with Gasteiger partial charge in [-0.3, -0.25) is 14.4 Å². The Morgan fingerprint density at radius 1 is 1.10 bits per heavy atom. The summed E-state index contributed by atoms with van der Waals surface area (Å²) in [6, 6.07) is 4.68. The Morgan fingerprint density at radius 2 is 1.82 bits per heavy atom. The van der Waals surface area contributed by atoms with E-state index in [1.54, 1.807) is 17.0 Å². The largest absolute Gasteiger partial charge is 0.359 e. The van der Waals surface area contributed by atoms with E-state index in [0.29, 0.717) is 23.8 Å². The van der Waals surface area contributed by atoms with Gasteiger partial charge in [-0.25, -0.2) is 0 Å². The molecule has 8 nitrogen and oxygen atoms in total. The normalized spacial score (nSPS) is 29.3. The summed E-state index contributed by atoms with van der Waals surface area (Å²) >= 11 is 6.29. The maximum atomic E-state index is 14.2. The predicted octanol–water partition coefficient (Wildman–Crippen LogP) is 4.31. The number of amides is 3. The molecule has 5 rings (SSSR count). The Labute approximate surface area is 242 Å². The lowest BCUT2D eigenvalue weighted by atomic mass is 9.74. The lowest BCUT2D eigenvalue weighted by Crippen LogP contribution is -2.57. The highest BCUT2D eigenvalue weighted by atomic mass is 35.5. The molecule has 1 aliphatic carbocycles. The maximum Gasteiger partial charge on any atom is 0.246 e. The first-order valence-electron chi connectivity index (χ1n) is 15.1. The van der Waals surface area contributed by atoms with E-state index < -0.39 is 29.6 Å². The highest BCUT2D eigenvalue weighted by Gasteiger charge is 2.72. The standard InChI is InChI=1S/C31H43ClN4O4/c1-4-15-35(16-5-2)17-18-36-27(29(38)33-21-9-7-6-8-10-21)31-14-13-24(40-31)25(26(31)30(36)39)28(37)34-22-12-11-20(3)23(32)19-22/h11-14,19,21,24-27H,4-10,15-18H2,1-3H3,(H,33,38)(H,34,37)/t24-,25?,26-,27?,31?/m0/s1. The van der Waals surface area contributed by atoms with Crippen LogP contribution < -0.4 is 10.6 Å². The first-order chi connectivity index (χ1) is 19.3. The van der Waals surface area contributed by atoms with Crippen LogP contribution in [0.1, 0.15) is 64.4 Å². The van der Waals surface area contributed by atoms with Crippen molar-refractivity contribution in [1.82, 2.24) is 15.1 Å². The van der Waals surface area contributed by atoms with E-state index >= 15 is 0 Å². The number of fused-ring (bicyclic) bond motifs is 1. The Hall–Kier alpha value is -2.42. The summed E-state index contributed by atoms with van der Waals surface area (Å²) < 4.78 is 6.49. The molecule has 3 fully saturated rings. The summed E-state index contributed by atoms with van der Waals surface area (Å²) in [5.41, 5.74) is 0.344. The lowest BCUT2D eigenvalue weighted by Gasteiger charge is -2.35. The van der Waals surface area contributed by atoms with Crippen LogP contribution in [0.15, 0.2) is 30.4 Å². The highest BCUT2D eigenvalue weighted by molar-refractivity contribution is 6.31. The van der Waals surface area contributed by atoms with E-state index in [2.05, 4.69) is 29.4 Å². The molecular formula is C31H43ClN4O4. The number of aryl methyl sites for hydroxylation is 1. The zero-order valence-corrected chi connectivity index (χ0v) is 24.7. The molecule has 3 aliphatic heterocycles. The van der Waals surface area contributed by atoms with Crippen LogP contribution in [-0.4, -0.2) is 77.5 Å². The summed E-state index contributed by atoms with van der Waals surface area (Å²) in [6.07, 6.45) is 10.5. The average molecular weight is 571 g/mol. The van der Waals surface area contributed by atoms with Crippen LogP contribution in [0.5, 0.6) is 0 Å². The van der Waals surface area contributed by atoms with Gasteiger partial charge in [-0.05, 0) is 63.4 Å². The molecule has 9 heteroatoms. The Balaban J connectivity index is 1.41. The Morgan fingerprint density at radius 3 is 2.50 bits per heavy atom. The van der Waals surface area contributed by atoms with Crippen molar-refractivity contribution in [1.29, 1.82) is 0 Å². The molecule has 1 saturated carbocycles. The molecule has 1 spiro atoms. The van der Waals surface area contributed by atoms with Gasteiger partial charge in [0.15, 0.2) is 0 Å². The Bertz CT molecular complexity index is 1150. The van der Waals surface area contributed by atoms with Crippen molar-refractivity contribution in [3.05, 3.63) is 40.9 Å². The molecule has 3 amide bonds. The molecule has 4 aliphatic rings. The van der Waals surface area contributed by atoms with E-state index in [1.807, 2.05) is 25.1 Å². The number of carbonyl (C=O) groups excluding carboxylic acids is 3. The zero-order valence-electron chi connectivity index (χ0n) is 24.0. The van der Waals surface area contributed by atoms with E-state index in [4.69, 9.17) is 16.3 Å². The van der Waals surface area contributed by atoms with Crippen LogP contribution in [0.4, 0.5) is 5.69 Å². The molecule has 2 bridgehead atoms. The number of likely N-dealkylation sites (tertiary alicyclic amines) is 1. The van der Waals surface area contributed by atoms with Crippen LogP contribution >= 0.6 is 11.6 Å². The SMILES string of the molecule is CCCN(CCC)CCN1C(=O)[C@@H]2C(C(=O)Nc3ccc(C)c(Cl)c3)[C@@H]3C=CC2(O3)C1C(=O)NC1CCCCC1. The van der Waals surface area contributed by atoms with Gasteiger partial charge in [0.1, 0.15) is 11.6 Å². The number of ether oxygens (including phenoxy) is 1. The van der Waals surface area contributed by atoms with Gasteiger partial charge in [0.05, 0.1) is 17.9 Å². The fourth-order valence-electron chi connectivity index (χ4n) is 7.15. The monoisotopic (exact) mass is 570 g/mol. The second-order valence-electron chi connectivity index (χ2n) is 11.9. The molecule has 0 aromatic heterocycles. The highest BCUT2D eigenvalue weighted by Crippen LogP contribution is 2.55. The summed E-state index contributed by atoms with van der Waals surface area (Å²) in [6.45, 7) is 9.17. The number of anilines is 1. The average Bonchev–Trinajstić information content (AvgIpc) is 3.57. The number of halogens is 1. The van der Waals surface area contributed by atoms with Crippen LogP contribution in [0.2, 0.25) is 5.02 Å². The van der Waals surface area contributed by atoms with E-state index in [1.165, 1.54) is 6.42 Å². The second kappa shape index (κ2) is 12.2. The third-order valence-electron chi connectivity index (χ3n) is 9.05. The topological polar surface area (TPSA) is 91.0 Å². The Kier molecular flexibility index (Phi) is 8.88. The van der Waals surface area contributed by atoms with Gasteiger partial charge in [-0.2, -0.15) is 0 Å². The van der Waals surface area contributed by atoms with E-state index in [0.717, 1.165) is 57.2 Å². The van der Waals surface area contributed by atoms with Crippen molar-refractivity contribution in [3.8, 4) is 0 Å². The van der Waals surface area contributed by atoms with Gasteiger partial charge >= 0.3 is 0 Å². The predicted molar refractivity (Wildman–Crippen MR) is 156 cm³/mol. The van der Waals surface area contributed by atoms with Crippen molar-refractivity contribution in [2.45, 2.75) is 89.5 Å². The second-order valence-corrected chi connectivity index (χ2v) is 12.3. The number of benzene rings is 1. The first-order valence-corrected chi connectivity index (χ1v) is 15.4. The zero-order chi connectivity index (χ0) is 28.4. The quantitative estimate of drug-likeness (QED) is 0.387. The first kappa shape index (κ1) is 29.1. The number of rotatable bonds is 11. The smallest absolute Gasteiger partial charge is 0.246 e. The van der Waals surface area contributed by atoms with Crippen LogP contribution in [0.25, 0.3) is 0 Å². The van der Waals surface area contributed by atoms with E-state index in [9.17, 15) is 14.4 Å².